The lowest BCUT2D eigenvalue weighted by Gasteiger charge is -2.27. The number of hydrogen-bond donors (Lipinski definition) is 2. The summed E-state index contributed by atoms with van der Waals surface area (Å²) in [7, 11) is -2.18. The quantitative estimate of drug-likeness (QED) is 0.754. The Bertz CT molecular complexity index is 728. The van der Waals surface area contributed by atoms with Gasteiger partial charge in [-0.15, -0.1) is 0 Å². The van der Waals surface area contributed by atoms with E-state index in [2.05, 4.69) is 10.6 Å². The molecule has 146 valence electrons. The number of carbonyl (C=O) groups is 1. The maximum atomic E-state index is 13.0. The van der Waals surface area contributed by atoms with E-state index in [9.17, 15) is 13.2 Å². The molecule has 1 heterocycles. The molecule has 7 nitrogen and oxygen atoms in total. The van der Waals surface area contributed by atoms with Crippen LogP contribution in [-0.4, -0.2) is 50.9 Å². The van der Waals surface area contributed by atoms with Crippen molar-refractivity contribution in [2.45, 2.75) is 57.0 Å². The molecule has 0 radical (unpaired) electrons. The molecule has 1 fully saturated rings. The van der Waals surface area contributed by atoms with Crippen LogP contribution < -0.4 is 15.4 Å². The molecule has 1 aromatic rings. The van der Waals surface area contributed by atoms with Crippen molar-refractivity contribution in [1.29, 1.82) is 0 Å². The van der Waals surface area contributed by atoms with E-state index >= 15 is 0 Å². The van der Waals surface area contributed by atoms with Crippen molar-refractivity contribution in [3.05, 3.63) is 18.2 Å². The lowest BCUT2D eigenvalue weighted by Crippen LogP contribution is -2.41. The first-order chi connectivity index (χ1) is 12.3. The van der Waals surface area contributed by atoms with E-state index in [1.54, 1.807) is 25.1 Å². The van der Waals surface area contributed by atoms with E-state index in [-0.39, 0.29) is 16.8 Å². The highest BCUT2D eigenvalue weighted by molar-refractivity contribution is 7.89. The largest absolute Gasteiger partial charge is 0.495 e. The molecule has 1 atom stereocenters. The molecule has 26 heavy (non-hydrogen) atoms. The van der Waals surface area contributed by atoms with E-state index in [1.165, 1.54) is 11.4 Å². The lowest BCUT2D eigenvalue weighted by atomic mass is 10.2. The average molecular weight is 384 g/mol. The van der Waals surface area contributed by atoms with Gasteiger partial charge in [0.05, 0.1) is 7.11 Å². The molecule has 1 amide bonds. The van der Waals surface area contributed by atoms with Gasteiger partial charge >= 0.3 is 0 Å². The summed E-state index contributed by atoms with van der Waals surface area (Å²) in [5.41, 5.74) is 0.563. The highest BCUT2D eigenvalue weighted by atomic mass is 32.2. The lowest BCUT2D eigenvalue weighted by molar-refractivity contribution is -0.122. The van der Waals surface area contributed by atoms with Crippen LogP contribution in [0.1, 0.15) is 40.0 Å². The smallest absolute Gasteiger partial charge is 0.246 e. The maximum Gasteiger partial charge on any atom is 0.246 e. The Morgan fingerprint density at radius 3 is 2.38 bits per heavy atom. The Morgan fingerprint density at radius 2 is 1.81 bits per heavy atom. The molecular formula is C18H29N3O4S. The van der Waals surface area contributed by atoms with E-state index in [0.29, 0.717) is 24.5 Å². The minimum absolute atomic E-state index is 0.0395. The number of methoxy groups -OCH3 is 1. The third kappa shape index (κ3) is 4.88. The standard InChI is InChI=1S/C18H29N3O4S/c1-13(2)19-18(22)14(3)20-15-8-9-16(25-4)17(12-15)26(23,24)21-10-6-5-7-11-21/h8-9,12-14,20H,5-7,10-11H2,1-4H3,(H,19,22)/t14-/m1/s1. The van der Waals surface area contributed by atoms with Crippen molar-refractivity contribution in [2.24, 2.45) is 0 Å². The van der Waals surface area contributed by atoms with Gasteiger partial charge in [0.2, 0.25) is 15.9 Å². The first kappa shape index (κ1) is 20.5. The molecule has 1 aliphatic rings. The SMILES string of the molecule is COc1ccc(N[C@H](C)C(=O)NC(C)C)cc1S(=O)(=O)N1CCCCC1. The van der Waals surface area contributed by atoms with Crippen molar-refractivity contribution in [3.8, 4) is 5.75 Å². The third-order valence-electron chi connectivity index (χ3n) is 4.30. The first-order valence-electron chi connectivity index (χ1n) is 9.01. The normalized spacial score (nSPS) is 17.0. The van der Waals surface area contributed by atoms with Gasteiger partial charge in [-0.25, -0.2) is 8.42 Å². The second-order valence-corrected chi connectivity index (χ2v) is 8.77. The topological polar surface area (TPSA) is 87.7 Å². The summed E-state index contributed by atoms with van der Waals surface area (Å²) in [6, 6.07) is 4.43. The summed E-state index contributed by atoms with van der Waals surface area (Å²) in [4.78, 5) is 12.2. The van der Waals surface area contributed by atoms with Gasteiger partial charge in [-0.05, 0) is 51.8 Å². The fraction of sp³-hybridized carbons (Fsp3) is 0.611. The summed E-state index contributed by atoms with van der Waals surface area (Å²) in [6.07, 6.45) is 2.78. The van der Waals surface area contributed by atoms with Gasteiger partial charge in [0.25, 0.3) is 0 Å². The molecule has 0 unspecified atom stereocenters. The summed E-state index contributed by atoms with van der Waals surface area (Å²) < 4.78 is 32.8. The van der Waals surface area contributed by atoms with Gasteiger partial charge in [0, 0.05) is 24.8 Å². The summed E-state index contributed by atoms with van der Waals surface area (Å²) in [6.45, 7) is 6.57. The number of rotatable bonds is 7. The van der Waals surface area contributed by atoms with Crippen LogP contribution in [0.4, 0.5) is 5.69 Å². The number of hydrogen-bond acceptors (Lipinski definition) is 5. The van der Waals surface area contributed by atoms with E-state index in [1.807, 2.05) is 13.8 Å². The molecule has 8 heteroatoms. The van der Waals surface area contributed by atoms with E-state index in [0.717, 1.165) is 19.3 Å². The minimum Gasteiger partial charge on any atom is -0.495 e. The van der Waals surface area contributed by atoms with Crippen LogP contribution in [-0.2, 0) is 14.8 Å². The van der Waals surface area contributed by atoms with Gasteiger partial charge in [-0.1, -0.05) is 6.42 Å². The Hall–Kier alpha value is -1.80. The van der Waals surface area contributed by atoms with Gasteiger partial charge in [-0.3, -0.25) is 4.79 Å². The third-order valence-corrected chi connectivity index (χ3v) is 6.22. The first-order valence-corrected chi connectivity index (χ1v) is 10.4. The molecule has 2 rings (SSSR count). The fourth-order valence-corrected chi connectivity index (χ4v) is 4.64. The van der Waals surface area contributed by atoms with Crippen molar-refractivity contribution >= 4 is 21.6 Å². The Balaban J connectivity index is 2.26. The molecular weight excluding hydrogens is 354 g/mol. The second kappa shape index (κ2) is 8.73. The van der Waals surface area contributed by atoms with E-state index in [4.69, 9.17) is 4.74 Å². The summed E-state index contributed by atoms with van der Waals surface area (Å²) in [5.74, 6) is 0.164. The van der Waals surface area contributed by atoms with Crippen LogP contribution >= 0.6 is 0 Å². The summed E-state index contributed by atoms with van der Waals surface area (Å²) >= 11 is 0. The zero-order valence-electron chi connectivity index (χ0n) is 15.9. The predicted octanol–water partition coefficient (Wildman–Crippen LogP) is 2.19. The second-order valence-electron chi connectivity index (χ2n) is 6.86. The van der Waals surface area contributed by atoms with Crippen molar-refractivity contribution < 1.29 is 17.9 Å². The average Bonchev–Trinajstić information content (AvgIpc) is 2.61. The number of ether oxygens (including phenoxy) is 1. The minimum atomic E-state index is -3.63. The fourth-order valence-electron chi connectivity index (χ4n) is 2.94. The predicted molar refractivity (Wildman–Crippen MR) is 102 cm³/mol. The highest BCUT2D eigenvalue weighted by Gasteiger charge is 2.29. The van der Waals surface area contributed by atoms with Crippen LogP contribution in [0, 0.1) is 0 Å². The number of amides is 1. The van der Waals surface area contributed by atoms with Crippen LogP contribution in [0.2, 0.25) is 0 Å². The van der Waals surface area contributed by atoms with Crippen molar-refractivity contribution in [1.82, 2.24) is 9.62 Å². The van der Waals surface area contributed by atoms with Crippen LogP contribution in [0.25, 0.3) is 0 Å². The Kier molecular flexibility index (Phi) is 6.88. The highest BCUT2D eigenvalue weighted by Crippen LogP contribution is 2.31. The Morgan fingerprint density at radius 1 is 1.15 bits per heavy atom. The molecule has 1 aromatic carbocycles. The van der Waals surface area contributed by atoms with Crippen LogP contribution in [0.3, 0.4) is 0 Å². The van der Waals surface area contributed by atoms with Gasteiger partial charge in [0.1, 0.15) is 16.7 Å². The number of nitrogens with one attached hydrogen (secondary N) is 2. The zero-order chi connectivity index (χ0) is 19.3. The molecule has 0 spiro atoms. The van der Waals surface area contributed by atoms with Crippen molar-refractivity contribution in [3.63, 3.8) is 0 Å². The van der Waals surface area contributed by atoms with Crippen molar-refractivity contribution in [2.75, 3.05) is 25.5 Å². The van der Waals surface area contributed by atoms with Gasteiger partial charge < -0.3 is 15.4 Å². The number of nitrogens with zero attached hydrogens (tertiary/aromatic N) is 1. The molecule has 0 aromatic heterocycles. The molecule has 1 aliphatic heterocycles. The molecule has 2 N–H and O–H groups in total. The maximum absolute atomic E-state index is 13.0. The monoisotopic (exact) mass is 383 g/mol. The van der Waals surface area contributed by atoms with Gasteiger partial charge in [-0.2, -0.15) is 4.31 Å². The number of piperidine rings is 1. The van der Waals surface area contributed by atoms with Crippen LogP contribution in [0.15, 0.2) is 23.1 Å². The van der Waals surface area contributed by atoms with Gasteiger partial charge in [0.15, 0.2) is 0 Å². The number of carbonyl (C=O) groups excluding carboxylic acids is 1. The molecule has 0 saturated carbocycles. The molecule has 0 aliphatic carbocycles. The number of benzene rings is 1. The van der Waals surface area contributed by atoms with E-state index < -0.39 is 16.1 Å². The summed E-state index contributed by atoms with van der Waals surface area (Å²) in [5, 5.41) is 5.89. The number of sulfonamides is 1. The zero-order valence-corrected chi connectivity index (χ0v) is 16.7. The Labute approximate surface area is 156 Å². The molecule has 0 bridgehead atoms. The van der Waals surface area contributed by atoms with Crippen LogP contribution in [0.5, 0.6) is 5.75 Å². The number of anilines is 1. The molecule has 1 saturated heterocycles.